The van der Waals surface area contributed by atoms with E-state index in [-0.39, 0.29) is 23.2 Å². The van der Waals surface area contributed by atoms with Crippen LogP contribution in [-0.4, -0.2) is 43.1 Å². The van der Waals surface area contributed by atoms with Crippen LogP contribution in [0.3, 0.4) is 0 Å². The van der Waals surface area contributed by atoms with Crippen molar-refractivity contribution in [1.82, 2.24) is 4.90 Å². The van der Waals surface area contributed by atoms with E-state index < -0.39 is 6.04 Å². The number of fused-ring (bicyclic) bond motifs is 1. The molecule has 1 saturated heterocycles. The van der Waals surface area contributed by atoms with Crippen molar-refractivity contribution in [1.29, 1.82) is 0 Å². The summed E-state index contributed by atoms with van der Waals surface area (Å²) in [4.78, 5) is 27.6. The number of hydrogen-bond donors (Lipinski definition) is 0. The summed E-state index contributed by atoms with van der Waals surface area (Å²) in [6.45, 7) is 9.26. The molecule has 5 nitrogen and oxygen atoms in total. The third-order valence-electron chi connectivity index (χ3n) is 5.85. The second-order valence-electron chi connectivity index (χ2n) is 9.36. The van der Waals surface area contributed by atoms with Crippen LogP contribution in [0.2, 0.25) is 0 Å². The molecule has 1 heterocycles. The third-order valence-corrected chi connectivity index (χ3v) is 5.85. The van der Waals surface area contributed by atoms with Gasteiger partial charge < -0.3 is 14.4 Å². The first-order valence-electron chi connectivity index (χ1n) is 10.7. The molecular formula is C25H33NO4. The Hall–Kier alpha value is -2.56. The summed E-state index contributed by atoms with van der Waals surface area (Å²) >= 11 is 0. The fourth-order valence-corrected chi connectivity index (χ4v) is 3.86. The van der Waals surface area contributed by atoms with E-state index in [9.17, 15) is 9.59 Å². The SMILES string of the molecule is COc1ccc2cc([C@H](C)C(=O)N3CCCC3C(=O)OCCC(C)(C)C)ccc2c1. The minimum absolute atomic E-state index is 0.0156. The molecular weight excluding hydrogens is 378 g/mol. The summed E-state index contributed by atoms with van der Waals surface area (Å²) in [5.74, 6) is 0.199. The molecule has 0 spiro atoms. The molecule has 2 atom stereocenters. The lowest BCUT2D eigenvalue weighted by atomic mass is 9.93. The predicted molar refractivity (Wildman–Crippen MR) is 119 cm³/mol. The summed E-state index contributed by atoms with van der Waals surface area (Å²) in [5, 5.41) is 2.13. The molecule has 0 saturated carbocycles. The molecule has 30 heavy (non-hydrogen) atoms. The van der Waals surface area contributed by atoms with Crippen LogP contribution in [0.5, 0.6) is 5.75 Å². The van der Waals surface area contributed by atoms with Crippen LogP contribution < -0.4 is 4.74 Å². The van der Waals surface area contributed by atoms with Crippen molar-refractivity contribution in [2.45, 2.75) is 58.9 Å². The molecule has 3 rings (SSSR count). The Kier molecular flexibility index (Phi) is 6.69. The van der Waals surface area contributed by atoms with Gasteiger partial charge in [0.15, 0.2) is 0 Å². The van der Waals surface area contributed by atoms with Gasteiger partial charge in [0.25, 0.3) is 0 Å². The average molecular weight is 412 g/mol. The zero-order valence-corrected chi connectivity index (χ0v) is 18.7. The molecule has 162 valence electrons. The molecule has 0 bridgehead atoms. The quantitative estimate of drug-likeness (QED) is 0.633. The van der Waals surface area contributed by atoms with Gasteiger partial charge in [-0.2, -0.15) is 0 Å². The van der Waals surface area contributed by atoms with E-state index in [1.165, 1.54) is 0 Å². The molecule has 0 aromatic heterocycles. The minimum Gasteiger partial charge on any atom is -0.497 e. The van der Waals surface area contributed by atoms with Gasteiger partial charge in [-0.3, -0.25) is 4.79 Å². The van der Waals surface area contributed by atoms with Crippen LogP contribution in [0.15, 0.2) is 36.4 Å². The van der Waals surface area contributed by atoms with E-state index in [0.717, 1.165) is 34.9 Å². The first-order valence-corrected chi connectivity index (χ1v) is 10.7. The highest BCUT2D eigenvalue weighted by molar-refractivity contribution is 5.91. The number of hydrogen-bond acceptors (Lipinski definition) is 4. The Bertz CT molecular complexity index is 915. The smallest absolute Gasteiger partial charge is 0.328 e. The van der Waals surface area contributed by atoms with E-state index in [1.807, 2.05) is 43.3 Å². The van der Waals surface area contributed by atoms with Crippen molar-refractivity contribution < 1.29 is 19.1 Å². The monoisotopic (exact) mass is 411 g/mol. The minimum atomic E-state index is -0.468. The maximum Gasteiger partial charge on any atom is 0.328 e. The summed E-state index contributed by atoms with van der Waals surface area (Å²) in [6.07, 6.45) is 2.30. The number of carbonyl (C=O) groups is 2. The van der Waals surface area contributed by atoms with Crippen molar-refractivity contribution >= 4 is 22.6 Å². The van der Waals surface area contributed by atoms with Crippen LogP contribution in [0, 0.1) is 5.41 Å². The number of carbonyl (C=O) groups excluding carboxylic acids is 2. The van der Waals surface area contributed by atoms with Crippen molar-refractivity contribution in [2.75, 3.05) is 20.3 Å². The lowest BCUT2D eigenvalue weighted by Gasteiger charge is -2.27. The molecule has 0 aliphatic carbocycles. The van der Waals surface area contributed by atoms with Crippen molar-refractivity contribution in [3.8, 4) is 5.75 Å². The van der Waals surface area contributed by atoms with Gasteiger partial charge in [-0.1, -0.05) is 45.0 Å². The molecule has 1 amide bonds. The van der Waals surface area contributed by atoms with Crippen LogP contribution in [-0.2, 0) is 14.3 Å². The molecule has 0 radical (unpaired) electrons. The Labute approximate surface area is 179 Å². The van der Waals surface area contributed by atoms with E-state index >= 15 is 0 Å². The van der Waals surface area contributed by atoms with Crippen molar-refractivity contribution in [2.24, 2.45) is 5.41 Å². The summed E-state index contributed by atoms with van der Waals surface area (Å²) in [6, 6.07) is 11.5. The van der Waals surface area contributed by atoms with Gasteiger partial charge in [0.05, 0.1) is 19.6 Å². The van der Waals surface area contributed by atoms with Gasteiger partial charge in [0.2, 0.25) is 5.91 Å². The Morgan fingerprint density at radius 2 is 1.83 bits per heavy atom. The first kappa shape index (κ1) is 22.1. The number of benzene rings is 2. The predicted octanol–water partition coefficient (Wildman–Crippen LogP) is 4.92. The van der Waals surface area contributed by atoms with Gasteiger partial charge in [-0.05, 0) is 60.1 Å². The lowest BCUT2D eigenvalue weighted by molar-refractivity contribution is -0.154. The molecule has 1 unspecified atom stereocenters. The fourth-order valence-electron chi connectivity index (χ4n) is 3.86. The largest absolute Gasteiger partial charge is 0.497 e. The van der Waals surface area contributed by atoms with E-state index in [4.69, 9.17) is 9.47 Å². The highest BCUT2D eigenvalue weighted by Crippen LogP contribution is 2.29. The number of esters is 1. The van der Waals surface area contributed by atoms with Gasteiger partial charge >= 0.3 is 5.97 Å². The van der Waals surface area contributed by atoms with Crippen molar-refractivity contribution in [3.63, 3.8) is 0 Å². The molecule has 2 aromatic carbocycles. The molecule has 0 N–H and O–H groups in total. The Morgan fingerprint density at radius 1 is 1.13 bits per heavy atom. The topological polar surface area (TPSA) is 55.8 Å². The maximum atomic E-state index is 13.2. The van der Waals surface area contributed by atoms with Crippen LogP contribution in [0.4, 0.5) is 0 Å². The molecule has 1 fully saturated rings. The highest BCUT2D eigenvalue weighted by atomic mass is 16.5. The number of ether oxygens (including phenoxy) is 2. The van der Waals surface area contributed by atoms with E-state index in [2.05, 4.69) is 20.8 Å². The first-order chi connectivity index (χ1) is 14.2. The second-order valence-corrected chi connectivity index (χ2v) is 9.36. The second kappa shape index (κ2) is 9.07. The van der Waals surface area contributed by atoms with Gasteiger partial charge in [-0.15, -0.1) is 0 Å². The molecule has 2 aromatic rings. The molecule has 5 heteroatoms. The van der Waals surface area contributed by atoms with E-state index in [1.54, 1.807) is 12.0 Å². The number of likely N-dealkylation sites (tertiary alicyclic amines) is 1. The molecule has 1 aliphatic rings. The van der Waals surface area contributed by atoms with Gasteiger partial charge in [0, 0.05) is 6.54 Å². The van der Waals surface area contributed by atoms with Gasteiger partial charge in [0.1, 0.15) is 11.8 Å². The lowest BCUT2D eigenvalue weighted by Crippen LogP contribution is -2.43. The maximum absolute atomic E-state index is 13.2. The normalized spacial score (nSPS) is 17.8. The number of nitrogens with zero attached hydrogens (tertiary/aromatic N) is 1. The summed E-state index contributed by atoms with van der Waals surface area (Å²) < 4.78 is 10.8. The summed E-state index contributed by atoms with van der Waals surface area (Å²) in [5.41, 5.74) is 1.06. The van der Waals surface area contributed by atoms with Crippen molar-refractivity contribution in [3.05, 3.63) is 42.0 Å². The van der Waals surface area contributed by atoms with Crippen LogP contribution in [0.1, 0.15) is 58.4 Å². The van der Waals surface area contributed by atoms with Gasteiger partial charge in [-0.25, -0.2) is 4.79 Å². The average Bonchev–Trinajstić information content (AvgIpc) is 3.20. The number of rotatable bonds is 6. The number of amides is 1. The van der Waals surface area contributed by atoms with Crippen LogP contribution in [0.25, 0.3) is 10.8 Å². The Balaban J connectivity index is 1.69. The molecule has 1 aliphatic heterocycles. The van der Waals surface area contributed by atoms with E-state index in [0.29, 0.717) is 19.6 Å². The number of methoxy groups -OCH3 is 1. The standard InChI is InChI=1S/C25H33NO4/c1-17(18-8-9-20-16-21(29-5)11-10-19(20)15-18)23(27)26-13-6-7-22(26)24(28)30-14-12-25(2,3)4/h8-11,15-17,22H,6-7,12-14H2,1-5H3/t17-,22?/m0/s1. The highest BCUT2D eigenvalue weighted by Gasteiger charge is 2.37. The van der Waals surface area contributed by atoms with Crippen LogP contribution >= 0.6 is 0 Å². The Morgan fingerprint density at radius 3 is 2.53 bits per heavy atom. The zero-order chi connectivity index (χ0) is 21.9. The zero-order valence-electron chi connectivity index (χ0n) is 18.7. The fraction of sp³-hybridized carbons (Fsp3) is 0.520. The third kappa shape index (κ3) is 5.13. The summed E-state index contributed by atoms with van der Waals surface area (Å²) in [7, 11) is 1.65.